The predicted octanol–water partition coefficient (Wildman–Crippen LogP) is 3.89. The van der Waals surface area contributed by atoms with Crippen molar-refractivity contribution in [2.45, 2.75) is 45.3 Å². The Bertz CT molecular complexity index is 638. The summed E-state index contributed by atoms with van der Waals surface area (Å²) >= 11 is 0. The van der Waals surface area contributed by atoms with E-state index in [4.69, 9.17) is 4.84 Å². The van der Waals surface area contributed by atoms with Crippen LogP contribution in [0.1, 0.15) is 45.2 Å². The topological polar surface area (TPSA) is 49.8 Å². The van der Waals surface area contributed by atoms with E-state index in [9.17, 15) is 9.90 Å². The fourth-order valence-electron chi connectivity index (χ4n) is 2.65. The molecule has 0 radical (unpaired) electrons. The molecular formula is C21H27NO3. The van der Waals surface area contributed by atoms with Gasteiger partial charge in [-0.1, -0.05) is 67.6 Å². The summed E-state index contributed by atoms with van der Waals surface area (Å²) < 4.78 is 0. The van der Waals surface area contributed by atoms with Crippen molar-refractivity contribution in [2.75, 3.05) is 6.54 Å². The van der Waals surface area contributed by atoms with Crippen molar-refractivity contribution in [3.63, 3.8) is 0 Å². The molecule has 25 heavy (non-hydrogen) atoms. The molecule has 0 bridgehead atoms. The number of carbonyl (C=O) groups excluding carboxylic acids is 1. The highest BCUT2D eigenvalue weighted by Crippen LogP contribution is 2.32. The zero-order valence-electron chi connectivity index (χ0n) is 15.4. The van der Waals surface area contributed by atoms with Crippen molar-refractivity contribution in [1.82, 2.24) is 5.06 Å². The lowest BCUT2D eigenvalue weighted by atomic mass is 9.86. The smallest absolute Gasteiger partial charge is 0.366 e. The molecule has 0 aliphatic rings. The van der Waals surface area contributed by atoms with Gasteiger partial charge in [0.25, 0.3) is 0 Å². The number of benzene rings is 2. The number of aliphatic hydroxyl groups is 1. The van der Waals surface area contributed by atoms with Gasteiger partial charge >= 0.3 is 5.97 Å². The summed E-state index contributed by atoms with van der Waals surface area (Å²) in [5.74, 6) is -0.701. The number of hydrogen-bond donors (Lipinski definition) is 1. The van der Waals surface area contributed by atoms with Gasteiger partial charge in [-0.2, -0.15) is 0 Å². The zero-order chi connectivity index (χ0) is 18.5. The van der Waals surface area contributed by atoms with Gasteiger partial charge in [-0.05, 0) is 38.3 Å². The molecule has 0 atom stereocenters. The van der Waals surface area contributed by atoms with Crippen molar-refractivity contribution in [3.8, 4) is 0 Å². The molecule has 4 heteroatoms. The minimum Gasteiger partial charge on any atom is -0.370 e. The summed E-state index contributed by atoms with van der Waals surface area (Å²) in [7, 11) is 0. The first-order valence-electron chi connectivity index (χ1n) is 8.63. The molecule has 0 spiro atoms. The summed E-state index contributed by atoms with van der Waals surface area (Å²) in [6.45, 7) is 8.53. The van der Waals surface area contributed by atoms with E-state index < -0.39 is 11.6 Å². The van der Waals surface area contributed by atoms with E-state index in [1.165, 1.54) is 0 Å². The number of carbonyl (C=O) groups is 1. The predicted molar refractivity (Wildman–Crippen MR) is 98.7 cm³/mol. The van der Waals surface area contributed by atoms with Crippen LogP contribution in [0.5, 0.6) is 0 Å². The second-order valence-corrected chi connectivity index (χ2v) is 7.09. The Morgan fingerprint density at radius 3 is 1.76 bits per heavy atom. The van der Waals surface area contributed by atoms with Crippen molar-refractivity contribution < 1.29 is 14.7 Å². The van der Waals surface area contributed by atoms with Crippen LogP contribution in [0.2, 0.25) is 0 Å². The van der Waals surface area contributed by atoms with Crippen LogP contribution in [0.25, 0.3) is 0 Å². The van der Waals surface area contributed by atoms with Crippen molar-refractivity contribution in [3.05, 3.63) is 71.8 Å². The van der Waals surface area contributed by atoms with Crippen LogP contribution in [0.3, 0.4) is 0 Å². The standard InChI is InChI=1S/C21H27NO3/c1-5-16-22(20(2,3)4)25-19(23)21(24,17-12-8-6-9-13-17)18-14-10-7-11-15-18/h6-15,24H,5,16H2,1-4H3. The Balaban J connectivity index is 2.44. The largest absolute Gasteiger partial charge is 0.370 e. The first kappa shape index (κ1) is 19.2. The fourth-order valence-corrected chi connectivity index (χ4v) is 2.65. The van der Waals surface area contributed by atoms with Gasteiger partial charge in [-0.25, -0.2) is 4.79 Å². The van der Waals surface area contributed by atoms with Crippen LogP contribution in [-0.2, 0) is 15.2 Å². The number of rotatable bonds is 6. The Labute approximate surface area is 150 Å². The van der Waals surface area contributed by atoms with Gasteiger partial charge in [0.15, 0.2) is 0 Å². The van der Waals surface area contributed by atoms with Crippen LogP contribution in [0.4, 0.5) is 0 Å². The van der Waals surface area contributed by atoms with Gasteiger partial charge in [-0.15, -0.1) is 5.06 Å². The molecule has 4 nitrogen and oxygen atoms in total. The molecule has 0 saturated heterocycles. The van der Waals surface area contributed by atoms with Gasteiger partial charge in [-0.3, -0.25) is 0 Å². The minimum absolute atomic E-state index is 0.361. The monoisotopic (exact) mass is 341 g/mol. The van der Waals surface area contributed by atoms with Crippen LogP contribution in [0, 0.1) is 0 Å². The Kier molecular flexibility index (Phi) is 5.98. The molecule has 2 aromatic carbocycles. The summed E-state index contributed by atoms with van der Waals surface area (Å²) in [5.41, 5.74) is -1.26. The summed E-state index contributed by atoms with van der Waals surface area (Å²) in [5, 5.41) is 13.0. The molecule has 2 rings (SSSR count). The van der Waals surface area contributed by atoms with Crippen LogP contribution in [0.15, 0.2) is 60.7 Å². The van der Waals surface area contributed by atoms with E-state index in [1.54, 1.807) is 53.6 Å². The SMILES string of the molecule is CCCN(OC(=O)C(O)(c1ccccc1)c1ccccc1)C(C)(C)C. The van der Waals surface area contributed by atoms with Gasteiger partial charge in [0.1, 0.15) is 0 Å². The number of hydroxylamine groups is 2. The maximum Gasteiger partial charge on any atom is 0.366 e. The number of hydrogen-bond acceptors (Lipinski definition) is 4. The third-order valence-electron chi connectivity index (χ3n) is 4.05. The summed E-state index contributed by atoms with van der Waals surface area (Å²) in [6.07, 6.45) is 0.833. The molecule has 0 fully saturated rings. The Hall–Kier alpha value is -2.17. The second-order valence-electron chi connectivity index (χ2n) is 7.09. The average Bonchev–Trinajstić information content (AvgIpc) is 2.61. The molecule has 0 unspecified atom stereocenters. The Morgan fingerprint density at radius 2 is 1.40 bits per heavy atom. The van der Waals surface area contributed by atoms with E-state index in [1.807, 2.05) is 39.8 Å². The molecule has 0 aromatic heterocycles. The van der Waals surface area contributed by atoms with Gasteiger partial charge in [0.05, 0.1) is 0 Å². The lowest BCUT2D eigenvalue weighted by Crippen LogP contribution is -2.48. The van der Waals surface area contributed by atoms with Crippen molar-refractivity contribution in [1.29, 1.82) is 0 Å². The fraction of sp³-hybridized carbons (Fsp3) is 0.381. The third kappa shape index (κ3) is 4.27. The normalized spacial score (nSPS) is 12.2. The van der Waals surface area contributed by atoms with Crippen molar-refractivity contribution in [2.24, 2.45) is 0 Å². The highest BCUT2D eigenvalue weighted by Gasteiger charge is 2.43. The van der Waals surface area contributed by atoms with Gasteiger partial charge < -0.3 is 9.94 Å². The highest BCUT2D eigenvalue weighted by molar-refractivity contribution is 5.85. The zero-order valence-corrected chi connectivity index (χ0v) is 15.4. The minimum atomic E-state index is -1.86. The van der Waals surface area contributed by atoms with E-state index >= 15 is 0 Å². The molecule has 2 aromatic rings. The highest BCUT2D eigenvalue weighted by atomic mass is 16.7. The quantitative estimate of drug-likeness (QED) is 0.810. The Morgan fingerprint density at radius 1 is 0.960 bits per heavy atom. The molecule has 0 heterocycles. The third-order valence-corrected chi connectivity index (χ3v) is 4.05. The molecule has 134 valence electrons. The molecular weight excluding hydrogens is 314 g/mol. The molecule has 0 saturated carbocycles. The first-order chi connectivity index (χ1) is 11.8. The van der Waals surface area contributed by atoms with Crippen LogP contribution >= 0.6 is 0 Å². The van der Waals surface area contributed by atoms with E-state index in [0.717, 1.165) is 6.42 Å². The van der Waals surface area contributed by atoms with E-state index in [2.05, 4.69) is 0 Å². The number of nitrogens with zero attached hydrogens (tertiary/aromatic N) is 1. The van der Waals surface area contributed by atoms with Crippen LogP contribution in [-0.4, -0.2) is 28.2 Å². The van der Waals surface area contributed by atoms with E-state index in [0.29, 0.717) is 17.7 Å². The average molecular weight is 341 g/mol. The maximum atomic E-state index is 13.1. The first-order valence-corrected chi connectivity index (χ1v) is 8.63. The van der Waals surface area contributed by atoms with E-state index in [-0.39, 0.29) is 5.54 Å². The summed E-state index contributed by atoms with van der Waals surface area (Å²) in [4.78, 5) is 18.8. The second kappa shape index (κ2) is 7.81. The molecule has 0 amide bonds. The lowest BCUT2D eigenvalue weighted by Gasteiger charge is -2.36. The summed E-state index contributed by atoms with van der Waals surface area (Å²) in [6, 6.07) is 17.8. The van der Waals surface area contributed by atoms with Gasteiger partial charge in [0.2, 0.25) is 5.60 Å². The molecule has 0 aliphatic carbocycles. The lowest BCUT2D eigenvalue weighted by molar-refractivity contribution is -0.230. The van der Waals surface area contributed by atoms with Crippen molar-refractivity contribution >= 4 is 5.97 Å². The van der Waals surface area contributed by atoms with Gasteiger partial charge in [0, 0.05) is 12.1 Å². The molecule has 0 aliphatic heterocycles. The molecule has 1 N–H and O–H groups in total. The maximum absolute atomic E-state index is 13.1. The van der Waals surface area contributed by atoms with Crippen LogP contribution < -0.4 is 0 Å².